The first-order chi connectivity index (χ1) is 8.59. The third kappa shape index (κ3) is 6.20. The molecule has 0 atom stereocenters. The summed E-state index contributed by atoms with van der Waals surface area (Å²) in [5.74, 6) is 2.76. The van der Waals surface area contributed by atoms with Crippen LogP contribution in [0, 0.1) is 11.7 Å². The molecule has 0 saturated heterocycles. The molecule has 1 nitrogen and oxygen atoms in total. The predicted molar refractivity (Wildman–Crippen MR) is 76.7 cm³/mol. The fourth-order valence-corrected chi connectivity index (χ4v) is 2.73. The second-order valence-corrected chi connectivity index (χ2v) is 6.05. The SMILES string of the molecule is CC(C)CCSCCCC(=O)c1ccc(F)cc1. The van der Waals surface area contributed by atoms with Crippen molar-refractivity contribution in [2.45, 2.75) is 33.1 Å². The van der Waals surface area contributed by atoms with Crippen molar-refractivity contribution in [1.29, 1.82) is 0 Å². The number of carbonyl (C=O) groups is 1. The highest BCUT2D eigenvalue weighted by molar-refractivity contribution is 7.99. The standard InChI is InChI=1S/C15H21FOS/c1-12(2)9-11-18-10-3-4-15(17)13-5-7-14(16)8-6-13/h5-8,12H,3-4,9-11H2,1-2H3. The van der Waals surface area contributed by atoms with Crippen LogP contribution in [-0.4, -0.2) is 17.3 Å². The number of benzene rings is 1. The van der Waals surface area contributed by atoms with E-state index in [2.05, 4.69) is 13.8 Å². The van der Waals surface area contributed by atoms with Gasteiger partial charge in [-0.2, -0.15) is 11.8 Å². The average molecular weight is 268 g/mol. The summed E-state index contributed by atoms with van der Waals surface area (Å²) in [5.41, 5.74) is 0.614. The maximum atomic E-state index is 12.7. The number of halogens is 1. The van der Waals surface area contributed by atoms with E-state index < -0.39 is 0 Å². The van der Waals surface area contributed by atoms with E-state index in [4.69, 9.17) is 0 Å². The molecule has 3 heteroatoms. The quantitative estimate of drug-likeness (QED) is 0.507. The Balaban J connectivity index is 2.16. The summed E-state index contributed by atoms with van der Waals surface area (Å²) in [5, 5.41) is 0. The van der Waals surface area contributed by atoms with E-state index in [-0.39, 0.29) is 11.6 Å². The van der Waals surface area contributed by atoms with Crippen LogP contribution in [0.25, 0.3) is 0 Å². The van der Waals surface area contributed by atoms with Crippen molar-refractivity contribution in [2.75, 3.05) is 11.5 Å². The van der Waals surface area contributed by atoms with Crippen LogP contribution in [0.5, 0.6) is 0 Å². The van der Waals surface area contributed by atoms with E-state index in [1.807, 2.05) is 11.8 Å². The molecule has 1 rings (SSSR count). The molecule has 18 heavy (non-hydrogen) atoms. The molecule has 0 aliphatic heterocycles. The second-order valence-electron chi connectivity index (χ2n) is 4.83. The van der Waals surface area contributed by atoms with Gasteiger partial charge in [-0.3, -0.25) is 4.79 Å². The molecule has 0 bridgehead atoms. The highest BCUT2D eigenvalue weighted by atomic mass is 32.2. The van der Waals surface area contributed by atoms with Gasteiger partial charge < -0.3 is 0 Å². The Morgan fingerprint density at radius 3 is 2.50 bits per heavy atom. The van der Waals surface area contributed by atoms with Gasteiger partial charge >= 0.3 is 0 Å². The van der Waals surface area contributed by atoms with Gasteiger partial charge in [0.1, 0.15) is 5.82 Å². The van der Waals surface area contributed by atoms with Gasteiger partial charge in [0.2, 0.25) is 0 Å². The maximum Gasteiger partial charge on any atom is 0.162 e. The summed E-state index contributed by atoms with van der Waals surface area (Å²) in [6.07, 6.45) is 2.69. The lowest BCUT2D eigenvalue weighted by atomic mass is 10.1. The van der Waals surface area contributed by atoms with Crippen molar-refractivity contribution < 1.29 is 9.18 Å². The van der Waals surface area contributed by atoms with E-state index in [0.717, 1.165) is 18.1 Å². The van der Waals surface area contributed by atoms with Crippen molar-refractivity contribution in [3.05, 3.63) is 35.6 Å². The van der Waals surface area contributed by atoms with Crippen LogP contribution in [0.4, 0.5) is 4.39 Å². The van der Waals surface area contributed by atoms with Crippen molar-refractivity contribution in [1.82, 2.24) is 0 Å². The van der Waals surface area contributed by atoms with Gasteiger partial charge in [-0.05, 0) is 54.5 Å². The number of rotatable bonds is 8. The molecule has 0 heterocycles. The first-order valence-corrected chi connectivity index (χ1v) is 7.61. The van der Waals surface area contributed by atoms with Crippen molar-refractivity contribution in [2.24, 2.45) is 5.92 Å². The molecule has 0 aliphatic rings. The molecule has 0 aliphatic carbocycles. The Bertz CT molecular complexity index is 359. The van der Waals surface area contributed by atoms with E-state index in [0.29, 0.717) is 12.0 Å². The minimum atomic E-state index is -0.296. The van der Waals surface area contributed by atoms with Crippen molar-refractivity contribution in [3.8, 4) is 0 Å². The molecule has 0 amide bonds. The first-order valence-electron chi connectivity index (χ1n) is 6.46. The second kappa shape index (κ2) is 8.30. The van der Waals surface area contributed by atoms with E-state index >= 15 is 0 Å². The zero-order valence-corrected chi connectivity index (χ0v) is 11.9. The predicted octanol–water partition coefficient (Wildman–Crippen LogP) is 4.57. The Morgan fingerprint density at radius 2 is 1.89 bits per heavy atom. The van der Waals surface area contributed by atoms with Crippen LogP contribution < -0.4 is 0 Å². The highest BCUT2D eigenvalue weighted by Crippen LogP contribution is 2.13. The molecule has 1 aromatic rings. The zero-order chi connectivity index (χ0) is 13.4. The molecule has 0 spiro atoms. The summed E-state index contributed by atoms with van der Waals surface area (Å²) in [7, 11) is 0. The molecule has 0 N–H and O–H groups in total. The number of hydrogen-bond acceptors (Lipinski definition) is 2. The van der Waals surface area contributed by atoms with Crippen LogP contribution in [0.2, 0.25) is 0 Å². The summed E-state index contributed by atoms with van der Waals surface area (Å²) >= 11 is 1.91. The monoisotopic (exact) mass is 268 g/mol. The molecule has 0 aromatic heterocycles. The van der Waals surface area contributed by atoms with Gasteiger partial charge in [0, 0.05) is 12.0 Å². The molecule has 0 saturated carbocycles. The molecule has 1 aromatic carbocycles. The topological polar surface area (TPSA) is 17.1 Å². The Kier molecular flexibility index (Phi) is 7.02. The Morgan fingerprint density at radius 1 is 1.22 bits per heavy atom. The minimum absolute atomic E-state index is 0.111. The number of carbonyl (C=O) groups excluding carboxylic acids is 1. The third-order valence-electron chi connectivity index (χ3n) is 2.70. The van der Waals surface area contributed by atoms with Gasteiger partial charge in [-0.25, -0.2) is 4.39 Å². The Labute approximate surface area is 113 Å². The minimum Gasteiger partial charge on any atom is -0.294 e. The zero-order valence-electron chi connectivity index (χ0n) is 11.1. The van der Waals surface area contributed by atoms with E-state index in [1.165, 1.54) is 24.3 Å². The van der Waals surface area contributed by atoms with Crippen LogP contribution in [0.3, 0.4) is 0 Å². The van der Waals surface area contributed by atoms with Gasteiger partial charge in [-0.1, -0.05) is 13.8 Å². The summed E-state index contributed by atoms with van der Waals surface area (Å²) in [6.45, 7) is 4.44. The van der Waals surface area contributed by atoms with Gasteiger partial charge in [0.25, 0.3) is 0 Å². The molecule has 0 unspecified atom stereocenters. The van der Waals surface area contributed by atoms with Crippen LogP contribution in [0.1, 0.15) is 43.5 Å². The third-order valence-corrected chi connectivity index (χ3v) is 3.80. The summed E-state index contributed by atoms with van der Waals surface area (Å²) in [4.78, 5) is 11.8. The normalized spacial score (nSPS) is 10.9. The summed E-state index contributed by atoms with van der Waals surface area (Å²) in [6, 6.07) is 5.79. The number of ketones is 1. The van der Waals surface area contributed by atoms with Crippen LogP contribution in [-0.2, 0) is 0 Å². The maximum absolute atomic E-state index is 12.7. The van der Waals surface area contributed by atoms with Gasteiger partial charge in [0.15, 0.2) is 5.78 Å². The lowest BCUT2D eigenvalue weighted by molar-refractivity contribution is 0.0982. The van der Waals surface area contributed by atoms with E-state index in [1.54, 1.807) is 12.1 Å². The number of hydrogen-bond donors (Lipinski definition) is 0. The summed E-state index contributed by atoms with van der Waals surface area (Å²) < 4.78 is 12.7. The van der Waals surface area contributed by atoms with E-state index in [9.17, 15) is 9.18 Å². The Hall–Kier alpha value is -0.830. The number of thioether (sulfide) groups is 1. The fraction of sp³-hybridized carbons (Fsp3) is 0.533. The molecule has 100 valence electrons. The highest BCUT2D eigenvalue weighted by Gasteiger charge is 2.05. The first kappa shape index (κ1) is 15.2. The molecular formula is C15H21FOS. The van der Waals surface area contributed by atoms with Crippen molar-refractivity contribution in [3.63, 3.8) is 0 Å². The fourth-order valence-electron chi connectivity index (χ4n) is 1.54. The van der Waals surface area contributed by atoms with Crippen molar-refractivity contribution >= 4 is 17.5 Å². The van der Waals surface area contributed by atoms with Crippen LogP contribution in [0.15, 0.2) is 24.3 Å². The van der Waals surface area contributed by atoms with Crippen LogP contribution >= 0.6 is 11.8 Å². The molecule has 0 fully saturated rings. The largest absolute Gasteiger partial charge is 0.294 e. The molecular weight excluding hydrogens is 247 g/mol. The smallest absolute Gasteiger partial charge is 0.162 e. The molecule has 0 radical (unpaired) electrons. The van der Waals surface area contributed by atoms with Gasteiger partial charge in [-0.15, -0.1) is 0 Å². The lowest BCUT2D eigenvalue weighted by Gasteiger charge is -2.04. The van der Waals surface area contributed by atoms with Gasteiger partial charge in [0.05, 0.1) is 0 Å². The average Bonchev–Trinajstić information content (AvgIpc) is 2.34. The lowest BCUT2D eigenvalue weighted by Crippen LogP contribution is -2.00. The number of Topliss-reactive ketones (excluding diaryl/α,β-unsaturated/α-hetero) is 1.